The Bertz CT molecular complexity index is 294. The quantitative estimate of drug-likeness (QED) is 0.690. The third kappa shape index (κ3) is 1.95. The Hall–Kier alpha value is -1.16. The van der Waals surface area contributed by atoms with Gasteiger partial charge in [-0.05, 0) is 12.8 Å². The van der Waals surface area contributed by atoms with Crippen molar-refractivity contribution < 1.29 is 0 Å². The summed E-state index contributed by atoms with van der Waals surface area (Å²) in [6.07, 6.45) is 8.43. The van der Waals surface area contributed by atoms with Crippen molar-refractivity contribution in [3.05, 3.63) is 24.3 Å². The molecule has 0 spiro atoms. The van der Waals surface area contributed by atoms with Crippen LogP contribution in [0.5, 0.6) is 0 Å². The van der Waals surface area contributed by atoms with Crippen LogP contribution in [-0.4, -0.2) is 20.8 Å². The molecule has 70 valence electrons. The van der Waals surface area contributed by atoms with Crippen molar-refractivity contribution in [3.8, 4) is 0 Å². The van der Waals surface area contributed by atoms with Crippen molar-refractivity contribution in [2.75, 3.05) is 0 Å². The zero-order valence-electron chi connectivity index (χ0n) is 7.77. The minimum absolute atomic E-state index is 0.594. The van der Waals surface area contributed by atoms with E-state index in [0.717, 1.165) is 25.2 Å². The molecule has 1 N–H and O–H groups in total. The topological polar surface area (TPSA) is 42.7 Å². The smallest absolute Gasteiger partial charge is 0.146 e. The van der Waals surface area contributed by atoms with Crippen LogP contribution in [0, 0.1) is 0 Å². The van der Waals surface area contributed by atoms with E-state index >= 15 is 0 Å². The van der Waals surface area contributed by atoms with Gasteiger partial charge in [0.15, 0.2) is 0 Å². The molecule has 0 aliphatic heterocycles. The molecule has 4 nitrogen and oxygen atoms in total. The second-order valence-electron chi connectivity index (χ2n) is 3.38. The van der Waals surface area contributed by atoms with E-state index in [4.69, 9.17) is 0 Å². The maximum absolute atomic E-state index is 4.01. The van der Waals surface area contributed by atoms with E-state index in [2.05, 4.69) is 27.7 Å². The average Bonchev–Trinajstić information content (AvgIpc) is 2.72. The standard InChI is InChI=1S/C9H14N4/c1-13-7-11-12-9(13)6-10-8-4-2-3-5-8/h2-3,7-8,10H,4-6H2,1H3. The van der Waals surface area contributed by atoms with Gasteiger partial charge in [-0.2, -0.15) is 0 Å². The molecule has 0 aromatic carbocycles. The number of nitrogens with one attached hydrogen (secondary N) is 1. The van der Waals surface area contributed by atoms with Crippen LogP contribution >= 0.6 is 0 Å². The molecule has 4 heteroatoms. The first-order valence-electron chi connectivity index (χ1n) is 4.57. The Balaban J connectivity index is 1.82. The monoisotopic (exact) mass is 178 g/mol. The lowest BCUT2D eigenvalue weighted by Crippen LogP contribution is -2.26. The molecule has 0 saturated carbocycles. The van der Waals surface area contributed by atoms with Gasteiger partial charge in [-0.1, -0.05) is 12.2 Å². The highest BCUT2D eigenvalue weighted by Crippen LogP contribution is 2.09. The summed E-state index contributed by atoms with van der Waals surface area (Å²) in [5, 5.41) is 11.3. The summed E-state index contributed by atoms with van der Waals surface area (Å²) in [6.45, 7) is 0.808. The average molecular weight is 178 g/mol. The number of aryl methyl sites for hydroxylation is 1. The Kier molecular flexibility index (Phi) is 2.40. The molecule has 1 aliphatic rings. The van der Waals surface area contributed by atoms with Crippen molar-refractivity contribution >= 4 is 0 Å². The Morgan fingerprint density at radius 1 is 1.54 bits per heavy atom. The molecule has 2 rings (SSSR count). The molecule has 0 bridgehead atoms. The van der Waals surface area contributed by atoms with E-state index in [-0.39, 0.29) is 0 Å². The number of hydrogen-bond donors (Lipinski definition) is 1. The lowest BCUT2D eigenvalue weighted by Gasteiger charge is -2.10. The van der Waals surface area contributed by atoms with Crippen LogP contribution in [0.3, 0.4) is 0 Å². The van der Waals surface area contributed by atoms with Gasteiger partial charge in [0.1, 0.15) is 12.2 Å². The zero-order chi connectivity index (χ0) is 9.10. The predicted molar refractivity (Wildman–Crippen MR) is 50.0 cm³/mol. The van der Waals surface area contributed by atoms with Crippen LogP contribution in [0.4, 0.5) is 0 Å². The lowest BCUT2D eigenvalue weighted by molar-refractivity contribution is 0.518. The molecule has 0 amide bonds. The molecule has 0 saturated heterocycles. The summed E-state index contributed by atoms with van der Waals surface area (Å²) in [5.41, 5.74) is 0. The summed E-state index contributed by atoms with van der Waals surface area (Å²) >= 11 is 0. The molecule has 1 aromatic rings. The SMILES string of the molecule is Cn1cnnc1CNC1CC=CC1. The van der Waals surface area contributed by atoms with Crippen LogP contribution < -0.4 is 5.32 Å². The van der Waals surface area contributed by atoms with Gasteiger partial charge in [0.05, 0.1) is 6.54 Å². The second kappa shape index (κ2) is 3.70. The van der Waals surface area contributed by atoms with Gasteiger partial charge in [-0.25, -0.2) is 0 Å². The predicted octanol–water partition coefficient (Wildman–Crippen LogP) is 0.623. The summed E-state index contributed by atoms with van der Waals surface area (Å²) in [6, 6.07) is 0.594. The second-order valence-corrected chi connectivity index (χ2v) is 3.38. The summed E-state index contributed by atoms with van der Waals surface area (Å²) in [4.78, 5) is 0. The number of aromatic nitrogens is 3. The molecule has 0 radical (unpaired) electrons. The summed E-state index contributed by atoms with van der Waals surface area (Å²) < 4.78 is 1.94. The van der Waals surface area contributed by atoms with Gasteiger partial charge < -0.3 is 9.88 Å². The van der Waals surface area contributed by atoms with E-state index in [9.17, 15) is 0 Å². The summed E-state index contributed by atoms with van der Waals surface area (Å²) in [5.74, 6) is 0.993. The van der Waals surface area contributed by atoms with E-state index < -0.39 is 0 Å². The molecular weight excluding hydrogens is 164 g/mol. The Labute approximate surface area is 77.7 Å². The van der Waals surface area contributed by atoms with E-state index in [1.54, 1.807) is 6.33 Å². The zero-order valence-corrected chi connectivity index (χ0v) is 7.77. The van der Waals surface area contributed by atoms with Gasteiger partial charge in [-0.3, -0.25) is 0 Å². The molecule has 13 heavy (non-hydrogen) atoms. The molecular formula is C9H14N4. The number of nitrogens with zero attached hydrogens (tertiary/aromatic N) is 3. The maximum atomic E-state index is 4.01. The number of hydrogen-bond acceptors (Lipinski definition) is 3. The van der Waals surface area contributed by atoms with E-state index in [0.29, 0.717) is 6.04 Å². The van der Waals surface area contributed by atoms with Gasteiger partial charge in [0, 0.05) is 13.1 Å². The first kappa shape index (κ1) is 8.44. The van der Waals surface area contributed by atoms with Crippen molar-refractivity contribution in [2.45, 2.75) is 25.4 Å². The highest BCUT2D eigenvalue weighted by Gasteiger charge is 2.10. The van der Waals surface area contributed by atoms with Crippen LogP contribution in [0.15, 0.2) is 18.5 Å². The largest absolute Gasteiger partial charge is 0.320 e. The lowest BCUT2D eigenvalue weighted by atomic mass is 10.2. The van der Waals surface area contributed by atoms with Crippen LogP contribution in [0.25, 0.3) is 0 Å². The van der Waals surface area contributed by atoms with Gasteiger partial charge >= 0.3 is 0 Å². The van der Waals surface area contributed by atoms with Gasteiger partial charge in [0.2, 0.25) is 0 Å². The summed E-state index contributed by atoms with van der Waals surface area (Å²) in [7, 11) is 1.96. The first-order chi connectivity index (χ1) is 6.36. The molecule has 0 atom stereocenters. The normalized spacial score (nSPS) is 17.0. The third-order valence-corrected chi connectivity index (χ3v) is 2.36. The Morgan fingerprint density at radius 2 is 2.31 bits per heavy atom. The molecule has 1 aromatic heterocycles. The minimum atomic E-state index is 0.594. The van der Waals surface area contributed by atoms with Crippen LogP contribution in [-0.2, 0) is 13.6 Å². The highest BCUT2D eigenvalue weighted by molar-refractivity contribution is 4.98. The fraction of sp³-hybridized carbons (Fsp3) is 0.556. The fourth-order valence-corrected chi connectivity index (χ4v) is 1.49. The highest BCUT2D eigenvalue weighted by atomic mass is 15.3. The van der Waals surface area contributed by atoms with Crippen molar-refractivity contribution in [1.82, 2.24) is 20.1 Å². The minimum Gasteiger partial charge on any atom is -0.320 e. The van der Waals surface area contributed by atoms with Crippen LogP contribution in [0.1, 0.15) is 18.7 Å². The van der Waals surface area contributed by atoms with Crippen molar-refractivity contribution in [3.63, 3.8) is 0 Å². The fourth-order valence-electron chi connectivity index (χ4n) is 1.49. The van der Waals surface area contributed by atoms with Gasteiger partial charge in [0.25, 0.3) is 0 Å². The number of rotatable bonds is 3. The van der Waals surface area contributed by atoms with E-state index in [1.165, 1.54) is 0 Å². The molecule has 1 aliphatic carbocycles. The first-order valence-corrected chi connectivity index (χ1v) is 4.57. The third-order valence-electron chi connectivity index (χ3n) is 2.36. The van der Waals surface area contributed by atoms with E-state index in [1.807, 2.05) is 11.6 Å². The molecule has 1 heterocycles. The van der Waals surface area contributed by atoms with Crippen LogP contribution in [0.2, 0.25) is 0 Å². The maximum Gasteiger partial charge on any atom is 0.146 e. The molecule has 0 unspecified atom stereocenters. The van der Waals surface area contributed by atoms with Gasteiger partial charge in [-0.15, -0.1) is 10.2 Å². The van der Waals surface area contributed by atoms with Crippen molar-refractivity contribution in [1.29, 1.82) is 0 Å². The Morgan fingerprint density at radius 3 is 2.92 bits per heavy atom. The van der Waals surface area contributed by atoms with Crippen molar-refractivity contribution in [2.24, 2.45) is 7.05 Å². The molecule has 0 fully saturated rings.